The van der Waals surface area contributed by atoms with E-state index in [0.29, 0.717) is 11.1 Å². The van der Waals surface area contributed by atoms with Gasteiger partial charge in [-0.15, -0.1) is 0 Å². The van der Waals surface area contributed by atoms with Crippen LogP contribution in [0.2, 0.25) is 0 Å². The highest BCUT2D eigenvalue weighted by Gasteiger charge is 2.33. The van der Waals surface area contributed by atoms with Gasteiger partial charge in [-0.25, -0.2) is 0 Å². The van der Waals surface area contributed by atoms with Crippen molar-refractivity contribution in [3.05, 3.63) is 44.5 Å². The molecule has 0 bridgehead atoms. The van der Waals surface area contributed by atoms with Crippen LogP contribution in [0, 0.1) is 68.0 Å². The molecule has 0 atom stereocenters. The predicted octanol–water partition coefficient (Wildman–Crippen LogP) is 4.49. The molecule has 0 aromatic heterocycles. The molecule has 2 aromatic carbocycles. The van der Waals surface area contributed by atoms with Crippen molar-refractivity contribution in [2.75, 3.05) is 0 Å². The summed E-state index contributed by atoms with van der Waals surface area (Å²) >= 11 is 0. The number of rotatable bonds is 1. The maximum Gasteiger partial charge on any atom is 0.101 e. The van der Waals surface area contributed by atoms with Crippen molar-refractivity contribution in [2.45, 2.75) is 46.0 Å². The summed E-state index contributed by atoms with van der Waals surface area (Å²) in [6.45, 7) is 8.93. The van der Waals surface area contributed by atoms with Crippen molar-refractivity contribution < 1.29 is 0 Å². The number of benzene rings is 2. The van der Waals surface area contributed by atoms with Crippen molar-refractivity contribution >= 4 is 10.8 Å². The second-order valence-corrected chi connectivity index (χ2v) is 7.86. The molecule has 0 aliphatic rings. The summed E-state index contributed by atoms with van der Waals surface area (Å²) in [4.78, 5) is 0. The Bertz CT molecular complexity index is 1310. The van der Waals surface area contributed by atoms with E-state index in [1.54, 1.807) is 34.6 Å². The molecule has 0 aliphatic carbocycles. The molecule has 0 saturated carbocycles. The fourth-order valence-corrected chi connectivity index (χ4v) is 3.78. The first-order valence-corrected chi connectivity index (χ1v) is 8.79. The maximum absolute atomic E-state index is 9.97. The Morgan fingerprint density at radius 1 is 0.552 bits per heavy atom. The predicted molar refractivity (Wildman–Crippen MR) is 105 cm³/mol. The lowest BCUT2D eigenvalue weighted by Crippen LogP contribution is -2.18. The van der Waals surface area contributed by atoms with Crippen molar-refractivity contribution in [2.24, 2.45) is 0 Å². The molecule has 0 heterocycles. The normalized spacial score (nSPS) is 10.3. The quantitative estimate of drug-likeness (QED) is 0.717. The lowest BCUT2D eigenvalue weighted by Gasteiger charge is -2.26. The van der Waals surface area contributed by atoms with Gasteiger partial charge in [0, 0.05) is 10.8 Å². The van der Waals surface area contributed by atoms with Gasteiger partial charge in [0.25, 0.3) is 0 Å². The summed E-state index contributed by atoms with van der Waals surface area (Å²) in [5.41, 5.74) is 0.0109. The van der Waals surface area contributed by atoms with Gasteiger partial charge in [0.05, 0.1) is 33.4 Å². The van der Waals surface area contributed by atoms with Crippen LogP contribution in [0.25, 0.3) is 10.8 Å². The minimum Gasteiger partial charge on any atom is -0.192 e. The average Bonchev–Trinajstić information content (AvgIpc) is 2.68. The van der Waals surface area contributed by atoms with Gasteiger partial charge < -0.3 is 0 Å². The smallest absolute Gasteiger partial charge is 0.101 e. The van der Waals surface area contributed by atoms with E-state index in [4.69, 9.17) is 0 Å². The number of fused-ring (bicyclic) bond motifs is 1. The molecular formula is C23H16N6. The summed E-state index contributed by atoms with van der Waals surface area (Å²) in [5.74, 6) is -0.291. The zero-order valence-corrected chi connectivity index (χ0v) is 16.8. The van der Waals surface area contributed by atoms with E-state index in [1.165, 1.54) is 0 Å². The van der Waals surface area contributed by atoms with E-state index in [9.17, 15) is 31.6 Å². The first-order valence-electron chi connectivity index (χ1n) is 8.79. The third-order valence-corrected chi connectivity index (χ3v) is 4.79. The molecule has 0 radical (unpaired) electrons. The van der Waals surface area contributed by atoms with Crippen LogP contribution in [0.5, 0.6) is 0 Å². The van der Waals surface area contributed by atoms with Crippen LogP contribution in [0.1, 0.15) is 85.0 Å². The number of nitriles is 6. The Hall–Kier alpha value is -4.36. The molecule has 0 saturated heterocycles. The van der Waals surface area contributed by atoms with Gasteiger partial charge in [-0.05, 0) is 22.5 Å². The van der Waals surface area contributed by atoms with E-state index in [2.05, 4.69) is 12.1 Å². The van der Waals surface area contributed by atoms with Crippen molar-refractivity contribution in [3.63, 3.8) is 0 Å². The topological polar surface area (TPSA) is 143 Å². The van der Waals surface area contributed by atoms with Gasteiger partial charge >= 0.3 is 0 Å². The Morgan fingerprint density at radius 3 is 1.28 bits per heavy atom. The van der Waals surface area contributed by atoms with Gasteiger partial charge in [0.1, 0.15) is 36.4 Å². The van der Waals surface area contributed by atoms with E-state index in [1.807, 2.05) is 24.3 Å². The number of hydrogen-bond donors (Lipinski definition) is 0. The highest BCUT2D eigenvalue weighted by Crippen LogP contribution is 2.43. The molecule has 0 fully saturated rings. The van der Waals surface area contributed by atoms with Crippen LogP contribution in [0.3, 0.4) is 0 Å². The van der Waals surface area contributed by atoms with Crippen LogP contribution in [0.4, 0.5) is 0 Å². The SMILES string of the molecule is CC(C)c1c(C#N)c(C#N)c2c(C#N)c(C(C)(C)C)c(C#N)c(C#N)c2c1C#N. The molecule has 0 unspecified atom stereocenters. The third kappa shape index (κ3) is 2.91. The molecule has 138 valence electrons. The van der Waals surface area contributed by atoms with Crippen LogP contribution in [-0.2, 0) is 5.41 Å². The molecular weight excluding hydrogens is 360 g/mol. The maximum atomic E-state index is 9.97. The monoisotopic (exact) mass is 376 g/mol. The second kappa shape index (κ2) is 7.34. The van der Waals surface area contributed by atoms with Crippen LogP contribution in [0.15, 0.2) is 0 Å². The highest BCUT2D eigenvalue weighted by atomic mass is 14.4. The van der Waals surface area contributed by atoms with Crippen LogP contribution >= 0.6 is 0 Å². The first-order chi connectivity index (χ1) is 13.6. The lowest BCUT2D eigenvalue weighted by molar-refractivity contribution is 0.587. The van der Waals surface area contributed by atoms with E-state index in [-0.39, 0.29) is 50.1 Å². The second-order valence-electron chi connectivity index (χ2n) is 7.86. The fourth-order valence-electron chi connectivity index (χ4n) is 3.78. The van der Waals surface area contributed by atoms with Gasteiger partial charge in [-0.1, -0.05) is 34.6 Å². The van der Waals surface area contributed by atoms with Gasteiger partial charge in [-0.3, -0.25) is 0 Å². The van der Waals surface area contributed by atoms with E-state index in [0.717, 1.165) is 0 Å². The molecule has 0 N–H and O–H groups in total. The molecule has 2 rings (SSSR count). The zero-order chi connectivity index (χ0) is 22.1. The van der Waals surface area contributed by atoms with Crippen molar-refractivity contribution in [1.29, 1.82) is 31.6 Å². The van der Waals surface area contributed by atoms with Crippen molar-refractivity contribution in [1.82, 2.24) is 0 Å². The Balaban J connectivity index is 3.62. The third-order valence-electron chi connectivity index (χ3n) is 4.79. The molecule has 0 spiro atoms. The number of hydrogen-bond acceptors (Lipinski definition) is 6. The summed E-state index contributed by atoms with van der Waals surface area (Å²) in [6.07, 6.45) is 0. The van der Waals surface area contributed by atoms with Gasteiger partial charge in [0.15, 0.2) is 0 Å². The molecule has 2 aromatic rings. The summed E-state index contributed by atoms with van der Waals surface area (Å²) in [7, 11) is 0. The van der Waals surface area contributed by atoms with Crippen molar-refractivity contribution in [3.8, 4) is 36.4 Å². The van der Waals surface area contributed by atoms with Crippen LogP contribution in [-0.4, -0.2) is 0 Å². The van der Waals surface area contributed by atoms with E-state index >= 15 is 0 Å². The summed E-state index contributed by atoms with van der Waals surface area (Å²) < 4.78 is 0. The molecule has 0 amide bonds. The summed E-state index contributed by atoms with van der Waals surface area (Å²) in [5, 5.41) is 59.4. The largest absolute Gasteiger partial charge is 0.192 e. The Kier molecular flexibility index (Phi) is 5.30. The highest BCUT2D eigenvalue weighted by molar-refractivity contribution is 6.05. The van der Waals surface area contributed by atoms with Gasteiger partial charge in [-0.2, -0.15) is 31.6 Å². The molecule has 29 heavy (non-hydrogen) atoms. The minimum atomic E-state index is -0.695. The summed E-state index contributed by atoms with van der Waals surface area (Å²) in [6, 6.07) is 12.2. The van der Waals surface area contributed by atoms with Crippen LogP contribution < -0.4 is 0 Å². The standard InChI is InChI=1S/C23H16N6/c1-12(2)19-13(6-24)14(7-25)21-18(11-29)22(23(3,4)5)16(9-27)15(8-26)20(21)17(19)10-28/h12H,1-5H3. The Labute approximate surface area is 169 Å². The molecule has 6 heteroatoms. The molecule has 6 nitrogen and oxygen atoms in total. The number of nitrogens with zero attached hydrogens (tertiary/aromatic N) is 6. The zero-order valence-electron chi connectivity index (χ0n) is 16.8. The molecule has 0 aliphatic heterocycles. The first kappa shape index (κ1) is 20.9. The minimum absolute atomic E-state index is 0.0175. The van der Waals surface area contributed by atoms with Gasteiger partial charge in [0.2, 0.25) is 0 Å². The van der Waals surface area contributed by atoms with E-state index < -0.39 is 5.41 Å². The fraction of sp³-hybridized carbons (Fsp3) is 0.304. The average molecular weight is 376 g/mol. The lowest BCUT2D eigenvalue weighted by atomic mass is 9.74. The Morgan fingerprint density at radius 2 is 0.931 bits per heavy atom.